The number of anilines is 1. The number of rotatable bonds is 5. The van der Waals surface area contributed by atoms with Gasteiger partial charge in [-0.3, -0.25) is 0 Å². The summed E-state index contributed by atoms with van der Waals surface area (Å²) in [7, 11) is 3.20. The third-order valence-corrected chi connectivity index (χ3v) is 8.85. The molecule has 2 bridgehead atoms. The minimum absolute atomic E-state index is 0.00397. The molecule has 0 spiro atoms. The largest absolute Gasteiger partial charge is 0.502 e. The number of para-hydroxylation sites is 1. The van der Waals surface area contributed by atoms with Crippen LogP contribution >= 0.6 is 0 Å². The van der Waals surface area contributed by atoms with E-state index in [2.05, 4.69) is 41.4 Å². The quantitative estimate of drug-likeness (QED) is 0.642. The molecule has 2 fully saturated rings. The second-order valence-electron chi connectivity index (χ2n) is 10.4. The molecule has 178 valence electrons. The Morgan fingerprint density at radius 3 is 2.55 bits per heavy atom. The minimum Gasteiger partial charge on any atom is -0.502 e. The van der Waals surface area contributed by atoms with Crippen LogP contribution in [0.25, 0.3) is 0 Å². The fourth-order valence-electron chi connectivity index (χ4n) is 6.91. The molecule has 0 aliphatic carbocycles. The van der Waals surface area contributed by atoms with Gasteiger partial charge in [-0.25, -0.2) is 0 Å². The van der Waals surface area contributed by atoms with Gasteiger partial charge in [0.25, 0.3) is 0 Å². The number of nitrogens with one attached hydrogen (secondary N) is 1. The second kappa shape index (κ2) is 8.75. The van der Waals surface area contributed by atoms with Crippen molar-refractivity contribution in [2.45, 2.75) is 63.3 Å². The van der Waals surface area contributed by atoms with Crippen molar-refractivity contribution in [3.63, 3.8) is 0 Å². The van der Waals surface area contributed by atoms with Crippen molar-refractivity contribution in [1.29, 1.82) is 0 Å². The van der Waals surface area contributed by atoms with Gasteiger partial charge < -0.3 is 24.8 Å². The first-order valence-electron chi connectivity index (χ1n) is 12.5. The van der Waals surface area contributed by atoms with Crippen LogP contribution in [0.1, 0.15) is 56.6 Å². The Kier molecular flexibility index (Phi) is 5.94. The standard InChI is InChI=1S/C28H38N2O3/c1-4-27-11-7-14-30(19-27)15-13-28(18-20-16-23(32-2)26(31)24(17-20)33-3)21-8-5-6-9-22(21)29-25(28)10-12-27/h5-6,8-9,16-17,25,29,31H,4,7,10-15,18-19H2,1-3H3/t25-,27-,28-/m1/s1. The van der Waals surface area contributed by atoms with Gasteiger partial charge in [0.2, 0.25) is 5.75 Å². The lowest BCUT2D eigenvalue weighted by atomic mass is 9.67. The maximum atomic E-state index is 10.5. The number of phenols is 1. The van der Waals surface area contributed by atoms with E-state index < -0.39 is 0 Å². The molecule has 3 aliphatic rings. The summed E-state index contributed by atoms with van der Waals surface area (Å²) in [6.45, 7) is 5.98. The van der Waals surface area contributed by atoms with Gasteiger partial charge in [-0.15, -0.1) is 0 Å². The number of hydrogen-bond donors (Lipinski definition) is 2. The van der Waals surface area contributed by atoms with Crippen molar-refractivity contribution in [3.05, 3.63) is 47.5 Å². The molecule has 33 heavy (non-hydrogen) atoms. The van der Waals surface area contributed by atoms with Gasteiger partial charge in [-0.2, -0.15) is 0 Å². The van der Waals surface area contributed by atoms with Crippen LogP contribution in [0.15, 0.2) is 36.4 Å². The van der Waals surface area contributed by atoms with Gasteiger partial charge in [-0.05, 0) is 92.8 Å². The molecule has 0 saturated carbocycles. The molecular formula is C28H38N2O3. The SMILES string of the molecule is CC[C@@]12CCCN(CC[C@@]3(Cc4cc(OC)c(O)c(OC)c4)c4ccccc4N[C@@H]3CC1)C2. The molecule has 2 N–H and O–H groups in total. The highest BCUT2D eigenvalue weighted by atomic mass is 16.5. The molecule has 2 saturated heterocycles. The summed E-state index contributed by atoms with van der Waals surface area (Å²) < 4.78 is 11.0. The number of benzene rings is 2. The van der Waals surface area contributed by atoms with Crippen molar-refractivity contribution in [1.82, 2.24) is 4.90 Å². The highest BCUT2D eigenvalue weighted by molar-refractivity contribution is 5.63. The second-order valence-corrected chi connectivity index (χ2v) is 10.4. The molecule has 4 atom stereocenters. The molecule has 5 rings (SSSR count). The van der Waals surface area contributed by atoms with E-state index >= 15 is 0 Å². The smallest absolute Gasteiger partial charge is 0.200 e. The lowest BCUT2D eigenvalue weighted by molar-refractivity contribution is 0.0772. The zero-order valence-corrected chi connectivity index (χ0v) is 20.3. The summed E-state index contributed by atoms with van der Waals surface area (Å²) in [5, 5.41) is 14.4. The van der Waals surface area contributed by atoms with E-state index in [0.29, 0.717) is 23.0 Å². The van der Waals surface area contributed by atoms with E-state index in [0.717, 1.165) is 24.9 Å². The predicted molar refractivity (Wildman–Crippen MR) is 133 cm³/mol. The molecule has 2 aromatic rings. The Morgan fingerprint density at radius 1 is 1.06 bits per heavy atom. The number of methoxy groups -OCH3 is 2. The van der Waals surface area contributed by atoms with Gasteiger partial charge in [0.1, 0.15) is 0 Å². The number of phenolic OH excluding ortho intramolecular Hbond substituents is 1. The summed E-state index contributed by atoms with van der Waals surface area (Å²) in [5.74, 6) is 1.02. The predicted octanol–water partition coefficient (Wildman–Crippen LogP) is 5.36. The van der Waals surface area contributed by atoms with Crippen LogP contribution in [0.4, 0.5) is 5.69 Å². The molecule has 5 heteroatoms. The van der Waals surface area contributed by atoms with Crippen molar-refractivity contribution in [3.8, 4) is 17.2 Å². The molecule has 2 aromatic carbocycles. The zero-order valence-electron chi connectivity index (χ0n) is 20.3. The monoisotopic (exact) mass is 450 g/mol. The number of fused-ring (bicyclic) bond motifs is 5. The van der Waals surface area contributed by atoms with Gasteiger partial charge in [0.05, 0.1) is 14.2 Å². The lowest BCUT2D eigenvalue weighted by Gasteiger charge is -2.42. The van der Waals surface area contributed by atoms with Gasteiger partial charge >= 0.3 is 0 Å². The van der Waals surface area contributed by atoms with Gasteiger partial charge in [0, 0.05) is 23.7 Å². The average molecular weight is 451 g/mol. The van der Waals surface area contributed by atoms with E-state index in [1.807, 2.05) is 12.1 Å². The summed E-state index contributed by atoms with van der Waals surface area (Å²) in [6.07, 6.45) is 8.41. The van der Waals surface area contributed by atoms with E-state index in [1.54, 1.807) is 14.2 Å². The third-order valence-electron chi connectivity index (χ3n) is 8.85. The molecule has 0 aromatic heterocycles. The first-order valence-corrected chi connectivity index (χ1v) is 12.5. The first-order chi connectivity index (χ1) is 16.0. The van der Waals surface area contributed by atoms with E-state index in [4.69, 9.17) is 9.47 Å². The molecule has 3 heterocycles. The minimum atomic E-state index is -0.00397. The topological polar surface area (TPSA) is 54.0 Å². The van der Waals surface area contributed by atoms with E-state index in [1.165, 1.54) is 56.4 Å². The Hall–Kier alpha value is -2.40. The van der Waals surface area contributed by atoms with Crippen molar-refractivity contribution in [2.75, 3.05) is 39.2 Å². The fourth-order valence-corrected chi connectivity index (χ4v) is 6.91. The molecule has 0 amide bonds. The molecule has 5 nitrogen and oxygen atoms in total. The average Bonchev–Trinajstić information content (AvgIpc) is 3.16. The Labute approximate surface area is 198 Å². The zero-order chi connectivity index (χ0) is 23.1. The normalized spacial score (nSPS) is 30.8. The Bertz CT molecular complexity index is 983. The summed E-state index contributed by atoms with van der Waals surface area (Å²) in [4.78, 5) is 2.73. The molecule has 3 aliphatic heterocycles. The highest BCUT2D eigenvalue weighted by Crippen LogP contribution is 2.51. The van der Waals surface area contributed by atoms with Crippen LogP contribution in [0.3, 0.4) is 0 Å². The lowest BCUT2D eigenvalue weighted by Crippen LogP contribution is -2.44. The summed E-state index contributed by atoms with van der Waals surface area (Å²) in [5.41, 5.74) is 4.31. The number of hydrogen-bond acceptors (Lipinski definition) is 5. The van der Waals surface area contributed by atoms with Gasteiger partial charge in [-0.1, -0.05) is 25.1 Å². The Morgan fingerprint density at radius 2 is 1.82 bits per heavy atom. The van der Waals surface area contributed by atoms with Crippen LogP contribution in [0, 0.1) is 5.41 Å². The summed E-state index contributed by atoms with van der Waals surface area (Å²) >= 11 is 0. The maximum absolute atomic E-state index is 10.5. The highest BCUT2D eigenvalue weighted by Gasteiger charge is 2.49. The van der Waals surface area contributed by atoms with Crippen molar-refractivity contribution in [2.24, 2.45) is 5.41 Å². The number of piperidine rings is 1. The van der Waals surface area contributed by atoms with Crippen LogP contribution in [-0.2, 0) is 11.8 Å². The van der Waals surface area contributed by atoms with Crippen molar-refractivity contribution < 1.29 is 14.6 Å². The first kappa shape index (κ1) is 22.4. The Balaban J connectivity index is 1.58. The third kappa shape index (κ3) is 3.84. The van der Waals surface area contributed by atoms with E-state index in [-0.39, 0.29) is 11.2 Å². The number of ether oxygens (including phenoxy) is 2. The number of nitrogens with zero attached hydrogens (tertiary/aromatic N) is 1. The molecule has 1 unspecified atom stereocenters. The van der Waals surface area contributed by atoms with Crippen LogP contribution in [0.5, 0.6) is 17.2 Å². The molecule has 0 radical (unpaired) electrons. The number of aromatic hydroxyl groups is 1. The van der Waals surface area contributed by atoms with E-state index in [9.17, 15) is 5.11 Å². The van der Waals surface area contributed by atoms with Crippen LogP contribution in [0.2, 0.25) is 0 Å². The van der Waals surface area contributed by atoms with Crippen LogP contribution < -0.4 is 14.8 Å². The molecular weight excluding hydrogens is 412 g/mol. The maximum Gasteiger partial charge on any atom is 0.200 e. The van der Waals surface area contributed by atoms with Crippen molar-refractivity contribution >= 4 is 5.69 Å². The fraction of sp³-hybridized carbons (Fsp3) is 0.571. The van der Waals surface area contributed by atoms with Gasteiger partial charge in [0.15, 0.2) is 11.5 Å². The van der Waals surface area contributed by atoms with Crippen LogP contribution in [-0.4, -0.2) is 49.9 Å². The summed E-state index contributed by atoms with van der Waals surface area (Å²) in [6, 6.07) is 13.3.